The van der Waals surface area contributed by atoms with Crippen LogP contribution in [0.5, 0.6) is 0 Å². The number of rotatable bonds is 1. The van der Waals surface area contributed by atoms with Gasteiger partial charge in [0.1, 0.15) is 29.0 Å². The molecule has 1 amide bonds. The smallest absolute Gasteiger partial charge is 0.251 e. The van der Waals surface area contributed by atoms with Crippen LogP contribution in [0.1, 0.15) is 63.9 Å². The number of ketones is 1. The number of nitriles is 2. The fourth-order valence-electron chi connectivity index (χ4n) is 8.72. The summed E-state index contributed by atoms with van der Waals surface area (Å²) in [6.45, 7) is 4.12. The predicted molar refractivity (Wildman–Crippen MR) is 137 cm³/mol. The third-order valence-corrected chi connectivity index (χ3v) is 10.1. The molecule has 3 fully saturated rings. The van der Waals surface area contributed by atoms with E-state index in [9.17, 15) is 20.1 Å². The van der Waals surface area contributed by atoms with Gasteiger partial charge < -0.3 is 4.90 Å². The lowest BCUT2D eigenvalue weighted by atomic mass is 9.41. The Bertz CT molecular complexity index is 1380. The number of hydrogen-bond acceptors (Lipinski definition) is 6. The van der Waals surface area contributed by atoms with Gasteiger partial charge >= 0.3 is 0 Å². The van der Waals surface area contributed by atoms with Crippen LogP contribution in [0.15, 0.2) is 40.4 Å². The first-order valence-corrected chi connectivity index (χ1v) is 13.7. The molecule has 0 spiro atoms. The third kappa shape index (κ3) is 2.58. The van der Waals surface area contributed by atoms with E-state index in [0.717, 1.165) is 42.5 Å². The molecular weight excluding hydrogens is 462 g/mol. The predicted octanol–water partition coefficient (Wildman–Crippen LogP) is 4.64. The van der Waals surface area contributed by atoms with Gasteiger partial charge in [-0.2, -0.15) is 10.5 Å². The fourth-order valence-corrected chi connectivity index (χ4v) is 8.72. The van der Waals surface area contributed by atoms with Gasteiger partial charge in [-0.1, -0.05) is 31.0 Å². The van der Waals surface area contributed by atoms with E-state index in [-0.39, 0.29) is 29.9 Å². The van der Waals surface area contributed by atoms with Crippen molar-refractivity contribution >= 4 is 23.2 Å². The van der Waals surface area contributed by atoms with Gasteiger partial charge in [-0.25, -0.2) is 4.99 Å². The quantitative estimate of drug-likeness (QED) is 0.567. The van der Waals surface area contributed by atoms with Crippen LogP contribution in [0.25, 0.3) is 0 Å². The monoisotopic (exact) mass is 493 g/mol. The Morgan fingerprint density at radius 2 is 1.76 bits per heavy atom. The molecule has 6 bridgehead atoms. The number of aryl methyl sites for hydroxylation is 1. The lowest BCUT2D eigenvalue weighted by molar-refractivity contribution is -0.154. The van der Waals surface area contributed by atoms with Gasteiger partial charge in [-0.3, -0.25) is 14.5 Å². The summed E-state index contributed by atoms with van der Waals surface area (Å²) in [6, 6.07) is 13.5. The first kappa shape index (κ1) is 22.7. The largest absolute Gasteiger partial charge is 0.328 e. The van der Waals surface area contributed by atoms with Crippen LogP contribution in [-0.4, -0.2) is 34.8 Å². The number of carbonyl (C=O) groups excluding carboxylic acids is 2. The zero-order valence-corrected chi connectivity index (χ0v) is 21.4. The summed E-state index contributed by atoms with van der Waals surface area (Å²) in [6.07, 6.45) is 5.21. The van der Waals surface area contributed by atoms with Crippen LogP contribution in [0.3, 0.4) is 0 Å². The second-order valence-electron chi connectivity index (χ2n) is 12.0. The number of amides is 1. The third-order valence-electron chi connectivity index (χ3n) is 10.1. The highest BCUT2D eigenvalue weighted by molar-refractivity contribution is 6.15. The number of fused-ring (bicyclic) bond motifs is 7. The molecule has 3 heterocycles. The molecule has 1 aromatic carbocycles. The lowest BCUT2D eigenvalue weighted by Gasteiger charge is -2.65. The van der Waals surface area contributed by atoms with Crippen molar-refractivity contribution in [2.24, 2.45) is 33.6 Å². The van der Waals surface area contributed by atoms with E-state index in [2.05, 4.69) is 55.2 Å². The van der Waals surface area contributed by atoms with E-state index in [1.165, 1.54) is 0 Å². The zero-order chi connectivity index (χ0) is 25.7. The van der Waals surface area contributed by atoms with Crippen LogP contribution in [-0.2, 0) is 9.59 Å². The Hall–Kier alpha value is -3.45. The minimum atomic E-state index is -1.40. The molecule has 7 nitrogen and oxygen atoms in total. The highest BCUT2D eigenvalue weighted by atomic mass is 16.2. The Balaban J connectivity index is 1.52. The van der Waals surface area contributed by atoms with E-state index in [1.54, 1.807) is 4.90 Å². The number of amidine groups is 1. The Labute approximate surface area is 217 Å². The molecular formula is C30H31N5O2. The second kappa shape index (κ2) is 7.54. The standard InChI is InChI=1S/C30H31N5O2/c1-17-9-11-19(12-10-17)34-24-7-4-8-25(34)35-27(33-24)29(15-31)21-13-18(2)14-22(36)26(21)20-5-3-6-23(29)30(20,16-32)28(35)37/h9-12,18,20,23-25H,3-8,13-14H2,1-2H3/t18-,20+,23-,24-,25-,29+,30-/m1/s1. The van der Waals surface area contributed by atoms with Crippen molar-refractivity contribution in [3.63, 3.8) is 0 Å². The topological polar surface area (TPSA) is 101 Å². The highest BCUT2D eigenvalue weighted by Gasteiger charge is 2.75. The molecule has 37 heavy (non-hydrogen) atoms. The Morgan fingerprint density at radius 3 is 2.49 bits per heavy atom. The normalized spacial score (nSPS) is 39.8. The van der Waals surface area contributed by atoms with E-state index >= 15 is 0 Å². The molecule has 1 aromatic rings. The maximum absolute atomic E-state index is 14.7. The average Bonchev–Trinajstić information content (AvgIpc) is 2.88. The molecule has 2 saturated heterocycles. The van der Waals surface area contributed by atoms with Gasteiger partial charge in [-0.15, -0.1) is 0 Å². The first-order chi connectivity index (χ1) is 17.9. The zero-order valence-electron chi connectivity index (χ0n) is 21.4. The number of nitrogens with zero attached hydrogens (tertiary/aromatic N) is 5. The summed E-state index contributed by atoms with van der Waals surface area (Å²) in [7, 11) is 0. The summed E-state index contributed by atoms with van der Waals surface area (Å²) in [5.41, 5.74) is 1.06. The summed E-state index contributed by atoms with van der Waals surface area (Å²) in [5, 5.41) is 21.9. The number of benzene rings is 1. The Kier molecular flexibility index (Phi) is 4.63. The highest BCUT2D eigenvalue weighted by Crippen LogP contribution is 2.68. The first-order valence-electron chi connectivity index (χ1n) is 13.7. The van der Waals surface area contributed by atoms with Crippen molar-refractivity contribution in [2.45, 2.75) is 77.5 Å². The number of hydrogen-bond donors (Lipinski definition) is 0. The molecule has 0 radical (unpaired) electrons. The van der Waals surface area contributed by atoms with E-state index in [4.69, 9.17) is 4.99 Å². The van der Waals surface area contributed by atoms with Gasteiger partial charge in [0.15, 0.2) is 5.78 Å². The van der Waals surface area contributed by atoms with E-state index in [0.29, 0.717) is 37.1 Å². The fraction of sp³-hybridized carbons (Fsp3) is 0.567. The maximum Gasteiger partial charge on any atom is 0.251 e. The minimum Gasteiger partial charge on any atom is -0.328 e. The van der Waals surface area contributed by atoms with Crippen LogP contribution >= 0.6 is 0 Å². The second-order valence-corrected chi connectivity index (χ2v) is 12.0. The van der Waals surface area contributed by atoms with Crippen molar-refractivity contribution in [3.05, 3.63) is 41.0 Å². The van der Waals surface area contributed by atoms with Crippen LogP contribution in [0.4, 0.5) is 5.69 Å². The molecule has 0 N–H and O–H groups in total. The van der Waals surface area contributed by atoms with Crippen molar-refractivity contribution in [1.29, 1.82) is 10.5 Å². The average molecular weight is 494 g/mol. The minimum absolute atomic E-state index is 0.0254. The van der Waals surface area contributed by atoms with Gasteiger partial charge in [0.25, 0.3) is 5.91 Å². The molecule has 188 valence electrons. The molecule has 0 aromatic heterocycles. The van der Waals surface area contributed by atoms with Crippen LogP contribution < -0.4 is 4.90 Å². The molecule has 7 atom stereocenters. The molecule has 1 saturated carbocycles. The molecule has 6 aliphatic rings. The van der Waals surface area contributed by atoms with Crippen LogP contribution in [0, 0.1) is 58.2 Å². The van der Waals surface area contributed by atoms with Crippen molar-refractivity contribution in [2.75, 3.05) is 4.90 Å². The number of carbonyl (C=O) groups is 2. The maximum atomic E-state index is 14.7. The summed E-state index contributed by atoms with van der Waals surface area (Å²) < 4.78 is 0. The number of aliphatic imine (C=N–C) groups is 1. The molecule has 3 aliphatic carbocycles. The summed E-state index contributed by atoms with van der Waals surface area (Å²) >= 11 is 0. The molecule has 0 unspecified atom stereocenters. The SMILES string of the molecule is Cc1ccc(N2[C@@H]3CCC[C@H]2N2C(=O)[C@@]4(C#N)[C@@H]5CCC[C@H]4C4=C(C[C@@H](C)CC4=O)[C@]5(C#N)C2=N3)cc1. The van der Waals surface area contributed by atoms with E-state index < -0.39 is 22.7 Å². The van der Waals surface area contributed by atoms with Crippen molar-refractivity contribution < 1.29 is 9.59 Å². The number of Topliss-reactive ketones (excluding diaryl/α,β-unsaturated/α-hetero) is 1. The number of anilines is 1. The van der Waals surface area contributed by atoms with Crippen molar-refractivity contribution in [3.8, 4) is 12.1 Å². The van der Waals surface area contributed by atoms with Crippen molar-refractivity contribution in [1.82, 2.24) is 4.90 Å². The van der Waals surface area contributed by atoms with E-state index in [1.807, 2.05) is 0 Å². The Morgan fingerprint density at radius 1 is 1.00 bits per heavy atom. The van der Waals surface area contributed by atoms with Gasteiger partial charge in [0.05, 0.1) is 12.1 Å². The van der Waals surface area contributed by atoms with Gasteiger partial charge in [0, 0.05) is 29.5 Å². The molecule has 3 aliphatic heterocycles. The lowest BCUT2D eigenvalue weighted by Crippen LogP contribution is -2.76. The molecule has 7 heteroatoms. The molecule has 7 rings (SSSR count). The number of piperidine rings is 2. The van der Waals surface area contributed by atoms with Gasteiger partial charge in [-0.05, 0) is 69.1 Å². The summed E-state index contributed by atoms with van der Waals surface area (Å²) in [5.74, 6) is -0.461. The number of allylic oxidation sites excluding steroid dienone is 1. The van der Waals surface area contributed by atoms with Crippen LogP contribution in [0.2, 0.25) is 0 Å². The van der Waals surface area contributed by atoms with Gasteiger partial charge in [0.2, 0.25) is 0 Å². The summed E-state index contributed by atoms with van der Waals surface area (Å²) in [4.78, 5) is 37.5.